The minimum Gasteiger partial charge on any atom is -0.0616 e. The molecule has 0 bridgehead atoms. The Hall–Kier alpha value is -1.14. The van der Waals surface area contributed by atoms with Crippen LogP contribution in [0.5, 0.6) is 0 Å². The molecule has 0 fully saturated rings. The second-order valence-electron chi connectivity index (χ2n) is 5.35. The van der Waals surface area contributed by atoms with Gasteiger partial charge in [-0.25, -0.2) is 0 Å². The molecule has 2 heteroatoms. The summed E-state index contributed by atoms with van der Waals surface area (Å²) in [5.41, 5.74) is 2.54. The van der Waals surface area contributed by atoms with Crippen molar-refractivity contribution in [3.05, 3.63) is 79.9 Å². The molecule has 0 radical (unpaired) electrons. The lowest BCUT2D eigenvalue weighted by Gasteiger charge is -2.09. The maximum Gasteiger partial charge on any atom is 0.0215 e. The van der Waals surface area contributed by atoms with Crippen LogP contribution in [-0.2, 0) is 0 Å². The van der Waals surface area contributed by atoms with Crippen LogP contribution >= 0.6 is 45.2 Å². The van der Waals surface area contributed by atoms with Crippen LogP contribution in [0.2, 0.25) is 0 Å². The molecule has 0 nitrogen and oxygen atoms in total. The number of hydrogen-bond donors (Lipinski definition) is 0. The average Bonchev–Trinajstić information content (AvgIpc) is 2.55. The predicted molar refractivity (Wildman–Crippen MR) is 112 cm³/mol. The zero-order chi connectivity index (χ0) is 15.1. The van der Waals surface area contributed by atoms with Gasteiger partial charge in [0.15, 0.2) is 0 Å². The van der Waals surface area contributed by atoms with E-state index in [0.717, 1.165) is 0 Å². The summed E-state index contributed by atoms with van der Waals surface area (Å²) in [6.45, 7) is 0. The molecule has 0 saturated heterocycles. The van der Waals surface area contributed by atoms with Crippen LogP contribution in [0.25, 0.3) is 32.7 Å². The fourth-order valence-corrected chi connectivity index (χ4v) is 4.06. The first-order valence-electron chi connectivity index (χ1n) is 7.09. The summed E-state index contributed by atoms with van der Waals surface area (Å²) in [6, 6.07) is 26.4. The van der Waals surface area contributed by atoms with Gasteiger partial charge in [0.25, 0.3) is 0 Å². The van der Waals surface area contributed by atoms with E-state index < -0.39 is 0 Å². The molecule has 106 valence electrons. The van der Waals surface area contributed by atoms with Gasteiger partial charge in [0.05, 0.1) is 0 Å². The molecule has 22 heavy (non-hydrogen) atoms. The third-order valence-electron chi connectivity index (χ3n) is 3.99. The first-order chi connectivity index (χ1) is 10.7. The third kappa shape index (κ3) is 2.52. The normalized spacial score (nSPS) is 11.2. The Balaban J connectivity index is 1.98. The van der Waals surface area contributed by atoms with E-state index >= 15 is 0 Å². The Morgan fingerprint density at radius 1 is 0.545 bits per heavy atom. The van der Waals surface area contributed by atoms with Crippen molar-refractivity contribution in [1.29, 1.82) is 0 Å². The standard InChI is InChI=1S/C20H12I2/c21-16-8-5-13(6-9-16)14-7-10-17-15(11-14)12-20(22)19-4-2-1-3-18(17)19/h1-12H. The number of fused-ring (bicyclic) bond motifs is 3. The molecule has 0 N–H and O–H groups in total. The van der Waals surface area contributed by atoms with Gasteiger partial charge < -0.3 is 0 Å². The van der Waals surface area contributed by atoms with Crippen LogP contribution in [0.15, 0.2) is 72.8 Å². The average molecular weight is 506 g/mol. The first kappa shape index (κ1) is 14.5. The van der Waals surface area contributed by atoms with Gasteiger partial charge in [-0.2, -0.15) is 0 Å². The van der Waals surface area contributed by atoms with E-state index in [-0.39, 0.29) is 0 Å². The number of rotatable bonds is 1. The smallest absolute Gasteiger partial charge is 0.0215 e. The van der Waals surface area contributed by atoms with E-state index in [9.17, 15) is 0 Å². The van der Waals surface area contributed by atoms with Crippen molar-refractivity contribution in [2.75, 3.05) is 0 Å². The zero-order valence-electron chi connectivity index (χ0n) is 11.7. The lowest BCUT2D eigenvalue weighted by molar-refractivity contribution is 1.61. The van der Waals surface area contributed by atoms with Crippen LogP contribution in [0.4, 0.5) is 0 Å². The highest BCUT2D eigenvalue weighted by Crippen LogP contribution is 2.32. The van der Waals surface area contributed by atoms with E-state index in [1.807, 2.05) is 0 Å². The molecular weight excluding hydrogens is 494 g/mol. The Morgan fingerprint density at radius 3 is 2.00 bits per heavy atom. The molecule has 4 rings (SSSR count). The Morgan fingerprint density at radius 2 is 1.23 bits per heavy atom. The Bertz CT molecular complexity index is 986. The van der Waals surface area contributed by atoms with E-state index in [0.29, 0.717) is 0 Å². The van der Waals surface area contributed by atoms with E-state index in [4.69, 9.17) is 0 Å². The fraction of sp³-hybridized carbons (Fsp3) is 0. The highest BCUT2D eigenvalue weighted by atomic mass is 127. The maximum atomic E-state index is 2.44. The summed E-state index contributed by atoms with van der Waals surface area (Å²) < 4.78 is 2.57. The zero-order valence-corrected chi connectivity index (χ0v) is 16.0. The van der Waals surface area contributed by atoms with Gasteiger partial charge in [-0.3, -0.25) is 0 Å². The van der Waals surface area contributed by atoms with E-state index in [1.54, 1.807) is 0 Å². The molecule has 0 atom stereocenters. The van der Waals surface area contributed by atoms with Crippen molar-refractivity contribution in [2.24, 2.45) is 0 Å². The summed E-state index contributed by atoms with van der Waals surface area (Å²) in [5, 5.41) is 5.29. The van der Waals surface area contributed by atoms with Gasteiger partial charge in [0.2, 0.25) is 0 Å². The fourth-order valence-electron chi connectivity index (χ4n) is 2.89. The van der Waals surface area contributed by atoms with Crippen LogP contribution in [-0.4, -0.2) is 0 Å². The van der Waals surface area contributed by atoms with Gasteiger partial charge in [0.1, 0.15) is 0 Å². The van der Waals surface area contributed by atoms with Gasteiger partial charge in [-0.1, -0.05) is 48.5 Å². The lowest BCUT2D eigenvalue weighted by atomic mass is 9.97. The molecule has 4 aromatic rings. The van der Waals surface area contributed by atoms with Crippen molar-refractivity contribution in [3.8, 4) is 11.1 Å². The molecule has 0 aliphatic carbocycles. The molecule has 0 unspecified atom stereocenters. The maximum absolute atomic E-state index is 2.44. The van der Waals surface area contributed by atoms with Crippen LogP contribution in [0.3, 0.4) is 0 Å². The highest BCUT2D eigenvalue weighted by molar-refractivity contribution is 14.1. The molecule has 0 saturated carbocycles. The van der Waals surface area contributed by atoms with Crippen molar-refractivity contribution in [3.63, 3.8) is 0 Å². The van der Waals surface area contributed by atoms with Crippen molar-refractivity contribution in [1.82, 2.24) is 0 Å². The second-order valence-corrected chi connectivity index (χ2v) is 7.75. The number of halogens is 2. The summed E-state index contributed by atoms with van der Waals surface area (Å²) in [4.78, 5) is 0. The lowest BCUT2D eigenvalue weighted by Crippen LogP contribution is -1.84. The second kappa shape index (κ2) is 5.81. The number of benzene rings is 4. The van der Waals surface area contributed by atoms with Crippen LogP contribution < -0.4 is 0 Å². The first-order valence-corrected chi connectivity index (χ1v) is 9.25. The van der Waals surface area contributed by atoms with E-state index in [2.05, 4.69) is 118 Å². The Kier molecular flexibility index (Phi) is 3.82. The minimum atomic E-state index is 1.27. The number of hydrogen-bond acceptors (Lipinski definition) is 0. The summed E-state index contributed by atoms with van der Waals surface area (Å²) in [5.74, 6) is 0. The Labute approximate surface area is 156 Å². The third-order valence-corrected chi connectivity index (χ3v) is 5.60. The van der Waals surface area contributed by atoms with Gasteiger partial charge >= 0.3 is 0 Å². The topological polar surface area (TPSA) is 0 Å². The summed E-state index contributed by atoms with van der Waals surface area (Å²) in [6.07, 6.45) is 0. The largest absolute Gasteiger partial charge is 0.0616 e. The monoisotopic (exact) mass is 506 g/mol. The SMILES string of the molecule is Ic1ccc(-c2ccc3c(c2)cc(I)c2ccccc23)cc1. The van der Waals surface area contributed by atoms with Crippen molar-refractivity contribution < 1.29 is 0 Å². The van der Waals surface area contributed by atoms with Gasteiger partial charge in [0, 0.05) is 7.14 Å². The highest BCUT2D eigenvalue weighted by Gasteiger charge is 2.06. The molecular formula is C20H12I2. The molecule has 0 amide bonds. The van der Waals surface area contributed by atoms with Crippen LogP contribution in [0.1, 0.15) is 0 Å². The quantitative estimate of drug-likeness (QED) is 0.195. The van der Waals surface area contributed by atoms with Gasteiger partial charge in [-0.05, 0) is 102 Å². The van der Waals surface area contributed by atoms with Crippen molar-refractivity contribution in [2.45, 2.75) is 0 Å². The van der Waals surface area contributed by atoms with Gasteiger partial charge in [-0.15, -0.1) is 0 Å². The molecule has 0 spiro atoms. The molecule has 0 aliphatic rings. The van der Waals surface area contributed by atoms with E-state index in [1.165, 1.54) is 39.8 Å². The minimum absolute atomic E-state index is 1.27. The summed E-state index contributed by atoms with van der Waals surface area (Å²) >= 11 is 4.78. The molecule has 0 heterocycles. The molecule has 0 aliphatic heterocycles. The molecule has 0 aromatic heterocycles. The van der Waals surface area contributed by atoms with Crippen molar-refractivity contribution >= 4 is 66.7 Å². The molecule has 4 aromatic carbocycles. The predicted octanol–water partition coefficient (Wildman–Crippen LogP) is 6.87. The van der Waals surface area contributed by atoms with Crippen LogP contribution in [0, 0.1) is 7.14 Å². The summed E-state index contributed by atoms with van der Waals surface area (Å²) in [7, 11) is 0.